The molecule has 0 rings (SSSR count). The number of unbranched alkanes of at least 4 members (excludes halogenated alkanes) is 2. The molecule has 0 radical (unpaired) electrons. The van der Waals surface area contributed by atoms with Crippen molar-refractivity contribution in [2.75, 3.05) is 0 Å². The van der Waals surface area contributed by atoms with Crippen LogP contribution in [-0.2, 0) is 9.53 Å². The summed E-state index contributed by atoms with van der Waals surface area (Å²) in [4.78, 5) is 11.0. The first-order chi connectivity index (χ1) is 6.16. The van der Waals surface area contributed by atoms with Crippen LogP contribution in [0.3, 0.4) is 0 Å². The first-order valence-corrected chi connectivity index (χ1v) is 5.01. The topological polar surface area (TPSA) is 26.3 Å². The first kappa shape index (κ1) is 12.2. The van der Waals surface area contributed by atoms with Gasteiger partial charge in [-0.2, -0.15) is 0 Å². The second kappa shape index (κ2) is 7.84. The molecule has 76 valence electrons. The molecule has 0 aliphatic rings. The zero-order valence-electron chi connectivity index (χ0n) is 8.88. The Bertz CT molecular complexity index is 159. The van der Waals surface area contributed by atoms with E-state index in [1.54, 1.807) is 0 Å². The van der Waals surface area contributed by atoms with Crippen molar-refractivity contribution in [2.24, 2.45) is 5.92 Å². The summed E-state index contributed by atoms with van der Waals surface area (Å²) in [5.74, 6) is 0.235. The van der Waals surface area contributed by atoms with Gasteiger partial charge in [0.1, 0.15) is 0 Å². The summed E-state index contributed by atoms with van der Waals surface area (Å²) >= 11 is 0. The number of hydrogen-bond donors (Lipinski definition) is 0. The number of rotatable bonds is 6. The Morgan fingerprint density at radius 1 is 1.46 bits per heavy atom. The monoisotopic (exact) mass is 184 g/mol. The van der Waals surface area contributed by atoms with Gasteiger partial charge in [-0.15, -0.1) is 0 Å². The highest BCUT2D eigenvalue weighted by Crippen LogP contribution is 2.01. The SMILES string of the molecule is CCCC/C=C/OC(=O)CC(C)C. The number of allylic oxidation sites excluding steroid dienone is 1. The number of ether oxygens (including phenoxy) is 1. The molecule has 2 nitrogen and oxygen atoms in total. The third kappa shape index (κ3) is 9.12. The maximum Gasteiger partial charge on any atom is 0.310 e. The van der Waals surface area contributed by atoms with E-state index in [1.165, 1.54) is 12.7 Å². The Morgan fingerprint density at radius 3 is 2.69 bits per heavy atom. The van der Waals surface area contributed by atoms with Crippen molar-refractivity contribution >= 4 is 5.97 Å². The van der Waals surface area contributed by atoms with Gasteiger partial charge in [-0.3, -0.25) is 4.79 Å². The minimum atomic E-state index is -0.136. The van der Waals surface area contributed by atoms with E-state index in [4.69, 9.17) is 4.74 Å². The zero-order valence-corrected chi connectivity index (χ0v) is 8.88. The molecule has 0 bridgehead atoms. The summed E-state index contributed by atoms with van der Waals surface area (Å²) in [6.07, 6.45) is 7.23. The molecule has 0 saturated carbocycles. The molecule has 0 aromatic rings. The lowest BCUT2D eigenvalue weighted by atomic mass is 10.1. The van der Waals surface area contributed by atoms with Gasteiger partial charge in [-0.1, -0.05) is 27.2 Å². The highest BCUT2D eigenvalue weighted by atomic mass is 16.5. The zero-order chi connectivity index (χ0) is 10.1. The minimum absolute atomic E-state index is 0.136. The van der Waals surface area contributed by atoms with Crippen LogP contribution in [0.25, 0.3) is 0 Å². The van der Waals surface area contributed by atoms with Crippen LogP contribution in [0.4, 0.5) is 0 Å². The molecule has 0 atom stereocenters. The lowest BCUT2D eigenvalue weighted by molar-refractivity contribution is -0.138. The molecular formula is C11H20O2. The molecule has 0 unspecified atom stereocenters. The second-order valence-corrected chi connectivity index (χ2v) is 3.60. The Hall–Kier alpha value is -0.790. The summed E-state index contributed by atoms with van der Waals surface area (Å²) < 4.78 is 4.88. The molecule has 0 aromatic heterocycles. The van der Waals surface area contributed by atoms with Crippen LogP contribution in [0.5, 0.6) is 0 Å². The third-order valence-electron chi connectivity index (χ3n) is 1.59. The van der Waals surface area contributed by atoms with Gasteiger partial charge in [0.2, 0.25) is 0 Å². The minimum Gasteiger partial charge on any atom is -0.435 e. The van der Waals surface area contributed by atoms with Gasteiger partial charge in [-0.05, 0) is 24.8 Å². The first-order valence-electron chi connectivity index (χ1n) is 5.01. The third-order valence-corrected chi connectivity index (χ3v) is 1.59. The molecule has 2 heteroatoms. The summed E-state index contributed by atoms with van der Waals surface area (Å²) in [6.45, 7) is 6.14. The molecule has 0 aliphatic carbocycles. The lowest BCUT2D eigenvalue weighted by Gasteiger charge is -2.01. The fourth-order valence-electron chi connectivity index (χ4n) is 0.895. The van der Waals surface area contributed by atoms with Crippen LogP contribution < -0.4 is 0 Å². The van der Waals surface area contributed by atoms with Crippen LogP contribution in [0.15, 0.2) is 12.3 Å². The normalized spacial score (nSPS) is 11.1. The van der Waals surface area contributed by atoms with Crippen molar-refractivity contribution in [1.82, 2.24) is 0 Å². The van der Waals surface area contributed by atoms with Crippen molar-refractivity contribution in [1.29, 1.82) is 0 Å². The summed E-state index contributed by atoms with van der Waals surface area (Å²) in [7, 11) is 0. The number of carbonyl (C=O) groups is 1. The fraction of sp³-hybridized carbons (Fsp3) is 0.727. The molecule has 0 fully saturated rings. The van der Waals surface area contributed by atoms with Gasteiger partial charge < -0.3 is 4.74 Å². The van der Waals surface area contributed by atoms with E-state index in [2.05, 4.69) is 6.92 Å². The molecule has 0 saturated heterocycles. The molecule has 0 aromatic carbocycles. The van der Waals surface area contributed by atoms with Gasteiger partial charge in [0.25, 0.3) is 0 Å². The smallest absolute Gasteiger partial charge is 0.310 e. The maximum atomic E-state index is 11.0. The van der Waals surface area contributed by atoms with Crippen LogP contribution in [0.1, 0.15) is 46.5 Å². The predicted molar refractivity (Wildman–Crippen MR) is 54.2 cm³/mol. The molecule has 0 amide bonds. The van der Waals surface area contributed by atoms with E-state index >= 15 is 0 Å². The quantitative estimate of drug-likeness (QED) is 0.360. The van der Waals surface area contributed by atoms with E-state index in [0.29, 0.717) is 12.3 Å². The lowest BCUT2D eigenvalue weighted by Crippen LogP contribution is -2.03. The largest absolute Gasteiger partial charge is 0.435 e. The number of hydrogen-bond acceptors (Lipinski definition) is 2. The van der Waals surface area contributed by atoms with E-state index in [0.717, 1.165) is 12.8 Å². The Balaban J connectivity index is 3.40. The van der Waals surface area contributed by atoms with E-state index in [9.17, 15) is 4.79 Å². The predicted octanol–water partition coefficient (Wildman–Crippen LogP) is 3.28. The molecule has 0 aliphatic heterocycles. The number of carbonyl (C=O) groups excluding carboxylic acids is 1. The van der Waals surface area contributed by atoms with Gasteiger partial charge in [0, 0.05) is 6.42 Å². The van der Waals surface area contributed by atoms with Crippen molar-refractivity contribution in [2.45, 2.75) is 46.5 Å². The Labute approximate surface area is 81.0 Å². The number of esters is 1. The molecule has 0 spiro atoms. The highest BCUT2D eigenvalue weighted by Gasteiger charge is 2.03. The standard InChI is InChI=1S/C11H20O2/c1-4-5-6-7-8-13-11(12)9-10(2)3/h7-8,10H,4-6,9H2,1-3H3/b8-7+. The van der Waals surface area contributed by atoms with Crippen molar-refractivity contribution in [3.05, 3.63) is 12.3 Å². The van der Waals surface area contributed by atoms with Crippen LogP contribution in [-0.4, -0.2) is 5.97 Å². The average molecular weight is 184 g/mol. The fourth-order valence-corrected chi connectivity index (χ4v) is 0.895. The second-order valence-electron chi connectivity index (χ2n) is 3.60. The summed E-state index contributed by atoms with van der Waals surface area (Å²) in [6, 6.07) is 0. The van der Waals surface area contributed by atoms with Gasteiger partial charge in [0.05, 0.1) is 6.26 Å². The molecule has 13 heavy (non-hydrogen) atoms. The van der Waals surface area contributed by atoms with E-state index in [1.807, 2.05) is 19.9 Å². The van der Waals surface area contributed by atoms with Crippen LogP contribution >= 0.6 is 0 Å². The van der Waals surface area contributed by atoms with Crippen LogP contribution in [0.2, 0.25) is 0 Å². The maximum absolute atomic E-state index is 11.0. The Kier molecular flexibility index (Phi) is 7.36. The van der Waals surface area contributed by atoms with Gasteiger partial charge in [0.15, 0.2) is 0 Å². The van der Waals surface area contributed by atoms with E-state index < -0.39 is 0 Å². The molecule has 0 heterocycles. The van der Waals surface area contributed by atoms with Crippen molar-refractivity contribution < 1.29 is 9.53 Å². The Morgan fingerprint density at radius 2 is 2.15 bits per heavy atom. The summed E-state index contributed by atoms with van der Waals surface area (Å²) in [5, 5.41) is 0. The highest BCUT2D eigenvalue weighted by molar-refractivity contribution is 5.70. The van der Waals surface area contributed by atoms with Crippen molar-refractivity contribution in [3.63, 3.8) is 0 Å². The average Bonchev–Trinajstić information content (AvgIpc) is 2.02. The van der Waals surface area contributed by atoms with Gasteiger partial charge >= 0.3 is 5.97 Å². The molecule has 0 N–H and O–H groups in total. The summed E-state index contributed by atoms with van der Waals surface area (Å²) in [5.41, 5.74) is 0. The van der Waals surface area contributed by atoms with E-state index in [-0.39, 0.29) is 5.97 Å². The molecular weight excluding hydrogens is 164 g/mol. The van der Waals surface area contributed by atoms with Crippen molar-refractivity contribution in [3.8, 4) is 0 Å². The van der Waals surface area contributed by atoms with Gasteiger partial charge in [-0.25, -0.2) is 0 Å². The van der Waals surface area contributed by atoms with Crippen LogP contribution in [0, 0.1) is 5.92 Å².